The monoisotopic (exact) mass is 377 g/mol. The number of aryl methyl sites for hydroxylation is 1. The lowest BCUT2D eigenvalue weighted by Gasteiger charge is -2.16. The average Bonchev–Trinajstić information content (AvgIpc) is 2.49. The zero-order valence-corrected chi connectivity index (χ0v) is 15.2. The number of halogens is 1. The number of amides is 1. The number of quaternary nitrogens is 1. The summed E-state index contributed by atoms with van der Waals surface area (Å²) < 4.78 is 6.38. The second-order valence-corrected chi connectivity index (χ2v) is 6.60. The molecule has 0 aromatic heterocycles. The lowest BCUT2D eigenvalue weighted by molar-refractivity contribution is -0.885. The maximum absolute atomic E-state index is 12.1. The first kappa shape index (κ1) is 17.5. The fourth-order valence-corrected chi connectivity index (χ4v) is 2.80. The van der Waals surface area contributed by atoms with Crippen LogP contribution in [0.15, 0.2) is 46.9 Å². The number of carbonyl (C=O) groups excluding carboxylic acids is 1. The molecule has 0 bridgehead atoms. The van der Waals surface area contributed by atoms with Gasteiger partial charge in [0.25, 0.3) is 5.91 Å². The van der Waals surface area contributed by atoms with E-state index in [4.69, 9.17) is 4.74 Å². The number of ether oxygens (including phenoxy) is 1. The average molecular weight is 378 g/mol. The van der Waals surface area contributed by atoms with E-state index in [-0.39, 0.29) is 5.91 Å². The van der Waals surface area contributed by atoms with Gasteiger partial charge in [-0.1, -0.05) is 33.6 Å². The number of likely N-dealkylation sites (N-methyl/N-ethyl adjacent to an activating group) is 1. The van der Waals surface area contributed by atoms with Crippen LogP contribution >= 0.6 is 15.9 Å². The highest BCUT2D eigenvalue weighted by Gasteiger charge is 2.14. The molecule has 0 radical (unpaired) electrons. The first-order valence-corrected chi connectivity index (χ1v) is 8.27. The number of rotatable bonds is 6. The molecule has 0 aliphatic rings. The Hall–Kier alpha value is -1.85. The van der Waals surface area contributed by atoms with E-state index in [0.29, 0.717) is 13.1 Å². The highest BCUT2D eigenvalue weighted by Crippen LogP contribution is 2.22. The SMILES string of the molecule is COc1ccc(Br)cc1C[NH+](C)CC(=O)Nc1ccc(C)cc1. The minimum absolute atomic E-state index is 0.000293. The predicted octanol–water partition coefficient (Wildman–Crippen LogP) is 2.42. The summed E-state index contributed by atoms with van der Waals surface area (Å²) in [5.41, 5.74) is 3.07. The van der Waals surface area contributed by atoms with Gasteiger partial charge >= 0.3 is 0 Å². The van der Waals surface area contributed by atoms with E-state index in [0.717, 1.165) is 26.4 Å². The number of benzene rings is 2. The molecule has 23 heavy (non-hydrogen) atoms. The molecule has 4 nitrogen and oxygen atoms in total. The van der Waals surface area contributed by atoms with Crippen molar-refractivity contribution in [3.05, 3.63) is 58.1 Å². The maximum Gasteiger partial charge on any atom is 0.279 e. The Kier molecular flexibility index (Phi) is 6.19. The van der Waals surface area contributed by atoms with E-state index >= 15 is 0 Å². The molecule has 122 valence electrons. The van der Waals surface area contributed by atoms with E-state index in [2.05, 4.69) is 21.2 Å². The lowest BCUT2D eigenvalue weighted by atomic mass is 10.2. The predicted molar refractivity (Wildman–Crippen MR) is 96.0 cm³/mol. The molecular weight excluding hydrogens is 356 g/mol. The Morgan fingerprint density at radius 1 is 1.22 bits per heavy atom. The normalized spacial score (nSPS) is 11.8. The van der Waals surface area contributed by atoms with Gasteiger partial charge in [-0.05, 0) is 37.3 Å². The van der Waals surface area contributed by atoms with Crippen LogP contribution in [0.2, 0.25) is 0 Å². The van der Waals surface area contributed by atoms with Gasteiger partial charge in [-0.15, -0.1) is 0 Å². The summed E-state index contributed by atoms with van der Waals surface area (Å²) in [7, 11) is 3.65. The van der Waals surface area contributed by atoms with Crippen molar-refractivity contribution in [3.63, 3.8) is 0 Å². The summed E-state index contributed by atoms with van der Waals surface area (Å²) in [5.74, 6) is 0.840. The van der Waals surface area contributed by atoms with Gasteiger partial charge in [-0.25, -0.2) is 0 Å². The third-order valence-electron chi connectivity index (χ3n) is 3.53. The summed E-state index contributed by atoms with van der Waals surface area (Å²) in [4.78, 5) is 13.2. The van der Waals surface area contributed by atoms with E-state index in [1.807, 2.05) is 56.4 Å². The van der Waals surface area contributed by atoms with E-state index in [1.165, 1.54) is 5.56 Å². The molecule has 0 saturated heterocycles. The van der Waals surface area contributed by atoms with Crippen LogP contribution in [-0.4, -0.2) is 26.6 Å². The van der Waals surface area contributed by atoms with Crippen LogP contribution in [0.5, 0.6) is 5.75 Å². The van der Waals surface area contributed by atoms with Crippen molar-refractivity contribution in [2.24, 2.45) is 0 Å². The molecule has 0 aliphatic heterocycles. The van der Waals surface area contributed by atoms with Crippen LogP contribution < -0.4 is 15.0 Å². The molecule has 1 unspecified atom stereocenters. The lowest BCUT2D eigenvalue weighted by Crippen LogP contribution is -3.08. The van der Waals surface area contributed by atoms with Crippen molar-refractivity contribution < 1.29 is 14.4 Å². The Bertz CT molecular complexity index is 671. The van der Waals surface area contributed by atoms with Gasteiger partial charge in [0, 0.05) is 15.7 Å². The highest BCUT2D eigenvalue weighted by atomic mass is 79.9. The minimum Gasteiger partial charge on any atom is -0.496 e. The standard InChI is InChI=1S/C18H21BrN2O2/c1-13-4-7-16(8-5-13)20-18(22)12-21(2)11-14-10-15(19)6-9-17(14)23-3/h4-10H,11-12H2,1-3H3,(H,20,22)/p+1. The maximum atomic E-state index is 12.1. The van der Waals surface area contributed by atoms with E-state index in [9.17, 15) is 4.79 Å². The molecule has 1 amide bonds. The van der Waals surface area contributed by atoms with Crippen LogP contribution in [0.25, 0.3) is 0 Å². The number of hydrogen-bond acceptors (Lipinski definition) is 2. The van der Waals surface area contributed by atoms with Crippen molar-refractivity contribution in [2.75, 3.05) is 26.0 Å². The molecule has 2 aromatic carbocycles. The number of carbonyl (C=O) groups is 1. The molecule has 1 atom stereocenters. The topological polar surface area (TPSA) is 42.8 Å². The van der Waals surface area contributed by atoms with E-state index in [1.54, 1.807) is 7.11 Å². The third kappa shape index (κ3) is 5.37. The van der Waals surface area contributed by atoms with Gasteiger partial charge in [0.05, 0.1) is 14.2 Å². The van der Waals surface area contributed by atoms with Crippen molar-refractivity contribution in [3.8, 4) is 5.75 Å². The molecule has 0 aliphatic carbocycles. The van der Waals surface area contributed by atoms with Gasteiger partial charge in [-0.2, -0.15) is 0 Å². The van der Waals surface area contributed by atoms with E-state index < -0.39 is 0 Å². The van der Waals surface area contributed by atoms with Crippen molar-refractivity contribution in [1.82, 2.24) is 0 Å². The zero-order chi connectivity index (χ0) is 16.8. The van der Waals surface area contributed by atoms with Gasteiger partial charge in [0.1, 0.15) is 12.3 Å². The number of methoxy groups -OCH3 is 1. The minimum atomic E-state index is 0.000293. The molecular formula is C18H22BrN2O2+. The van der Waals surface area contributed by atoms with Crippen molar-refractivity contribution >= 4 is 27.5 Å². The molecule has 0 saturated carbocycles. The Morgan fingerprint density at radius 3 is 2.57 bits per heavy atom. The number of hydrogen-bond donors (Lipinski definition) is 2. The van der Waals surface area contributed by atoms with Crippen molar-refractivity contribution in [2.45, 2.75) is 13.5 Å². The molecule has 0 heterocycles. The Morgan fingerprint density at radius 2 is 1.91 bits per heavy atom. The van der Waals surface area contributed by atoms with Gasteiger partial charge in [0.2, 0.25) is 0 Å². The summed E-state index contributed by atoms with van der Waals surface area (Å²) in [5, 5.41) is 2.93. The largest absolute Gasteiger partial charge is 0.496 e. The molecule has 0 spiro atoms. The molecule has 2 aromatic rings. The summed E-state index contributed by atoms with van der Waals surface area (Å²) in [6, 6.07) is 13.7. The summed E-state index contributed by atoms with van der Waals surface area (Å²) >= 11 is 3.47. The van der Waals surface area contributed by atoms with Crippen LogP contribution in [-0.2, 0) is 11.3 Å². The Balaban J connectivity index is 1.93. The Labute approximate surface area is 145 Å². The van der Waals surface area contributed by atoms with Crippen LogP contribution in [0.4, 0.5) is 5.69 Å². The van der Waals surface area contributed by atoms with Crippen molar-refractivity contribution in [1.29, 1.82) is 0 Å². The summed E-state index contributed by atoms with van der Waals surface area (Å²) in [6.45, 7) is 3.13. The first-order valence-electron chi connectivity index (χ1n) is 7.48. The summed E-state index contributed by atoms with van der Waals surface area (Å²) in [6.07, 6.45) is 0. The highest BCUT2D eigenvalue weighted by molar-refractivity contribution is 9.10. The third-order valence-corrected chi connectivity index (χ3v) is 4.03. The second kappa shape index (κ2) is 8.13. The molecule has 5 heteroatoms. The first-order chi connectivity index (χ1) is 11.0. The second-order valence-electron chi connectivity index (χ2n) is 5.68. The molecule has 2 rings (SSSR count). The van der Waals surface area contributed by atoms with Crippen LogP contribution in [0.3, 0.4) is 0 Å². The zero-order valence-electron chi connectivity index (χ0n) is 13.7. The molecule has 0 fully saturated rings. The van der Waals surface area contributed by atoms with Gasteiger partial charge < -0.3 is 15.0 Å². The fourth-order valence-electron chi connectivity index (χ4n) is 2.39. The smallest absolute Gasteiger partial charge is 0.279 e. The van der Waals surface area contributed by atoms with Crippen LogP contribution in [0, 0.1) is 6.92 Å². The molecule has 2 N–H and O–H groups in total. The number of anilines is 1. The van der Waals surface area contributed by atoms with Gasteiger partial charge in [0.15, 0.2) is 6.54 Å². The quantitative estimate of drug-likeness (QED) is 0.811. The van der Waals surface area contributed by atoms with Gasteiger partial charge in [-0.3, -0.25) is 4.79 Å². The fraction of sp³-hybridized carbons (Fsp3) is 0.278. The van der Waals surface area contributed by atoms with Crippen LogP contribution in [0.1, 0.15) is 11.1 Å². The number of nitrogens with one attached hydrogen (secondary N) is 2.